The van der Waals surface area contributed by atoms with Crippen molar-refractivity contribution < 1.29 is 23.1 Å². The van der Waals surface area contributed by atoms with Crippen LogP contribution in [-0.4, -0.2) is 43.7 Å². The molecular formula is C24H25ClF3N5O2. The van der Waals surface area contributed by atoms with Gasteiger partial charge in [-0.1, -0.05) is 23.7 Å². The van der Waals surface area contributed by atoms with Crippen LogP contribution in [0.3, 0.4) is 0 Å². The summed E-state index contributed by atoms with van der Waals surface area (Å²) in [6.45, 7) is 4.20. The summed E-state index contributed by atoms with van der Waals surface area (Å²) in [5.74, 6) is -3.53. The number of carboxylic acid groups (broad SMARTS) is 1. The van der Waals surface area contributed by atoms with Crippen molar-refractivity contribution in [1.29, 1.82) is 0 Å². The number of aryl methyl sites for hydroxylation is 1. The van der Waals surface area contributed by atoms with Gasteiger partial charge in [0.2, 0.25) is 0 Å². The molecule has 0 bridgehead atoms. The number of aromatic amines is 1. The molecule has 0 radical (unpaired) electrons. The summed E-state index contributed by atoms with van der Waals surface area (Å²) in [5.41, 5.74) is -0.457. The largest absolute Gasteiger partial charge is 0.481 e. The summed E-state index contributed by atoms with van der Waals surface area (Å²) in [7, 11) is 0. The maximum Gasteiger partial charge on any atom is 0.310 e. The minimum absolute atomic E-state index is 0.0212. The number of halogens is 4. The Kier molecular flexibility index (Phi) is 7.05. The van der Waals surface area contributed by atoms with Gasteiger partial charge >= 0.3 is 5.97 Å². The van der Waals surface area contributed by atoms with Gasteiger partial charge in [-0.2, -0.15) is 5.10 Å². The molecule has 3 aromatic rings. The predicted octanol–water partition coefficient (Wildman–Crippen LogP) is 5.23. The van der Waals surface area contributed by atoms with Crippen molar-refractivity contribution in [2.24, 2.45) is 5.41 Å². The van der Waals surface area contributed by atoms with Gasteiger partial charge in [-0.15, -0.1) is 0 Å². The average Bonchev–Trinajstić information content (AvgIpc) is 3.21. The van der Waals surface area contributed by atoms with Gasteiger partial charge in [0.15, 0.2) is 17.5 Å². The fraction of sp³-hybridized carbons (Fsp3) is 0.375. The van der Waals surface area contributed by atoms with Crippen LogP contribution in [0, 0.1) is 29.8 Å². The molecule has 1 aliphatic rings. The lowest BCUT2D eigenvalue weighted by Crippen LogP contribution is -2.50. The molecule has 4 rings (SSSR count). The number of pyridine rings is 1. The number of nitrogens with zero attached hydrogens (tertiary/aromatic N) is 3. The maximum absolute atomic E-state index is 14.7. The van der Waals surface area contributed by atoms with E-state index in [-0.39, 0.29) is 48.4 Å². The number of anilines is 2. The Morgan fingerprint density at radius 2 is 2.06 bits per heavy atom. The summed E-state index contributed by atoms with van der Waals surface area (Å²) in [6.07, 6.45) is 0.0290. The first-order chi connectivity index (χ1) is 16.6. The fourth-order valence-corrected chi connectivity index (χ4v) is 4.79. The molecule has 3 heterocycles. The van der Waals surface area contributed by atoms with Crippen LogP contribution in [0.4, 0.5) is 24.8 Å². The van der Waals surface area contributed by atoms with E-state index in [0.717, 1.165) is 11.8 Å². The van der Waals surface area contributed by atoms with Gasteiger partial charge in [0.25, 0.3) is 0 Å². The van der Waals surface area contributed by atoms with Crippen LogP contribution in [0.1, 0.15) is 36.7 Å². The second kappa shape index (κ2) is 9.87. The van der Waals surface area contributed by atoms with E-state index < -0.39 is 28.8 Å². The Morgan fingerprint density at radius 3 is 2.71 bits per heavy atom. The highest BCUT2D eigenvalue weighted by Crippen LogP contribution is 2.40. The number of carbonyl (C=O) groups is 1. The van der Waals surface area contributed by atoms with E-state index in [1.54, 1.807) is 25.1 Å². The lowest BCUT2D eigenvalue weighted by molar-refractivity contribution is -0.153. The molecule has 0 saturated carbocycles. The van der Waals surface area contributed by atoms with E-state index >= 15 is 0 Å². The van der Waals surface area contributed by atoms with Gasteiger partial charge in [0, 0.05) is 42.4 Å². The van der Waals surface area contributed by atoms with E-state index in [2.05, 4.69) is 20.5 Å². The van der Waals surface area contributed by atoms with E-state index in [4.69, 9.17) is 11.6 Å². The highest BCUT2D eigenvalue weighted by Gasteiger charge is 2.45. The second-order valence-electron chi connectivity index (χ2n) is 9.06. The van der Waals surface area contributed by atoms with Crippen molar-refractivity contribution >= 4 is 29.2 Å². The molecule has 1 fully saturated rings. The summed E-state index contributed by atoms with van der Waals surface area (Å²) in [6, 6.07) is 7.06. The number of benzene rings is 1. The minimum Gasteiger partial charge on any atom is -0.481 e. The van der Waals surface area contributed by atoms with Crippen molar-refractivity contribution in [3.8, 4) is 0 Å². The molecule has 1 aliphatic heterocycles. The molecule has 7 nitrogen and oxygen atoms in total. The lowest BCUT2D eigenvalue weighted by Gasteiger charge is -2.43. The molecule has 3 N–H and O–H groups in total. The molecule has 0 spiro atoms. The van der Waals surface area contributed by atoms with E-state index in [1.165, 1.54) is 6.07 Å². The van der Waals surface area contributed by atoms with Crippen LogP contribution in [-0.2, 0) is 17.8 Å². The van der Waals surface area contributed by atoms with Gasteiger partial charge in [-0.3, -0.25) is 14.8 Å². The third-order valence-electron chi connectivity index (χ3n) is 6.50. The fourth-order valence-electron chi connectivity index (χ4n) is 4.59. The Labute approximate surface area is 205 Å². The van der Waals surface area contributed by atoms with E-state index in [0.29, 0.717) is 17.9 Å². The molecule has 186 valence electrons. The summed E-state index contributed by atoms with van der Waals surface area (Å²) >= 11 is 5.88. The van der Waals surface area contributed by atoms with Gasteiger partial charge in [0.05, 0.1) is 16.1 Å². The van der Waals surface area contributed by atoms with Crippen LogP contribution in [0.2, 0.25) is 5.02 Å². The lowest BCUT2D eigenvalue weighted by atomic mass is 9.72. The number of hydrogen-bond donors (Lipinski definition) is 3. The number of piperidine rings is 1. The smallest absolute Gasteiger partial charge is 0.310 e. The summed E-state index contributed by atoms with van der Waals surface area (Å²) < 4.78 is 43.5. The zero-order valence-corrected chi connectivity index (χ0v) is 20.0. The number of aliphatic carboxylic acids is 1. The molecule has 1 saturated heterocycles. The van der Waals surface area contributed by atoms with Crippen molar-refractivity contribution in [1.82, 2.24) is 20.1 Å². The van der Waals surface area contributed by atoms with Crippen LogP contribution in [0.25, 0.3) is 0 Å². The predicted molar refractivity (Wildman–Crippen MR) is 125 cm³/mol. The van der Waals surface area contributed by atoms with Crippen LogP contribution in [0.5, 0.6) is 0 Å². The number of likely N-dealkylation sites (tertiary alicyclic amines) is 1. The van der Waals surface area contributed by atoms with Crippen molar-refractivity contribution in [3.05, 3.63) is 69.8 Å². The normalized spacial score (nSPS) is 20.7. The molecule has 0 amide bonds. The zero-order valence-electron chi connectivity index (χ0n) is 19.2. The third kappa shape index (κ3) is 5.28. The third-order valence-corrected chi connectivity index (χ3v) is 6.79. The average molecular weight is 508 g/mol. The molecule has 11 heteroatoms. The Hall–Kier alpha value is -3.11. The zero-order chi connectivity index (χ0) is 25.3. The van der Waals surface area contributed by atoms with Crippen LogP contribution < -0.4 is 5.32 Å². The summed E-state index contributed by atoms with van der Waals surface area (Å²) in [4.78, 5) is 18.5. The SMILES string of the molecule is Cc1cc(Nc2cc(F)c(F)c(C[C@@]3(C(=O)O)CCN(Cc4cccc(Cl)c4F)[C@H](C)C3)n2)n[nH]1. The molecule has 35 heavy (non-hydrogen) atoms. The van der Waals surface area contributed by atoms with Crippen LogP contribution >= 0.6 is 11.6 Å². The minimum atomic E-state index is -1.36. The molecular weight excluding hydrogens is 483 g/mol. The van der Waals surface area contributed by atoms with Crippen molar-refractivity contribution in [3.63, 3.8) is 0 Å². The van der Waals surface area contributed by atoms with E-state index in [1.807, 2.05) is 11.8 Å². The highest BCUT2D eigenvalue weighted by molar-refractivity contribution is 6.30. The van der Waals surface area contributed by atoms with Gasteiger partial charge < -0.3 is 10.4 Å². The molecule has 1 aromatic carbocycles. The Bertz CT molecular complexity index is 1250. The number of nitrogens with one attached hydrogen (secondary N) is 2. The van der Waals surface area contributed by atoms with Gasteiger partial charge in [-0.05, 0) is 39.3 Å². The number of hydrogen-bond acceptors (Lipinski definition) is 5. The number of aromatic nitrogens is 3. The highest BCUT2D eigenvalue weighted by atomic mass is 35.5. The number of H-pyrrole nitrogens is 1. The summed E-state index contributed by atoms with van der Waals surface area (Å²) in [5, 5.41) is 19.7. The van der Waals surface area contributed by atoms with Crippen molar-refractivity contribution in [2.75, 3.05) is 11.9 Å². The molecule has 0 unspecified atom stereocenters. The first-order valence-corrected chi connectivity index (χ1v) is 11.5. The topological polar surface area (TPSA) is 94.1 Å². The Balaban J connectivity index is 1.55. The number of carboxylic acids is 1. The van der Waals surface area contributed by atoms with Crippen LogP contribution in [0.15, 0.2) is 30.3 Å². The van der Waals surface area contributed by atoms with Gasteiger partial charge in [0.1, 0.15) is 11.6 Å². The Morgan fingerprint density at radius 1 is 1.29 bits per heavy atom. The first kappa shape index (κ1) is 25.0. The first-order valence-electron chi connectivity index (χ1n) is 11.1. The molecule has 2 atom stereocenters. The quantitative estimate of drug-likeness (QED) is 0.405. The second-order valence-corrected chi connectivity index (χ2v) is 9.47. The van der Waals surface area contributed by atoms with Gasteiger partial charge in [-0.25, -0.2) is 18.2 Å². The standard InChI is InChI=1S/C24H25ClF3N5O2/c1-13-8-20(32-31-13)30-19-9-17(26)22(28)18(29-19)11-24(23(34)35)6-7-33(14(2)10-24)12-15-4-3-5-16(25)21(15)27/h3-5,8-9,14H,6-7,10-12H2,1-2H3,(H,34,35)(H2,29,30,31,32)/t14-,24-/m1/s1. The monoisotopic (exact) mass is 507 g/mol. The van der Waals surface area contributed by atoms with Crippen molar-refractivity contribution in [2.45, 2.75) is 45.7 Å². The number of rotatable bonds is 7. The van der Waals surface area contributed by atoms with E-state index in [9.17, 15) is 23.1 Å². The maximum atomic E-state index is 14.7. The molecule has 2 aromatic heterocycles. The molecule has 0 aliphatic carbocycles.